The molecule has 0 bridgehead atoms. The van der Waals surface area contributed by atoms with Gasteiger partial charge in [0.1, 0.15) is 12.4 Å². The van der Waals surface area contributed by atoms with Crippen molar-refractivity contribution in [1.29, 1.82) is 0 Å². The normalized spacial score (nSPS) is 22.7. The molecule has 2 aliphatic heterocycles. The highest BCUT2D eigenvalue weighted by atomic mass is 16.7. The fraction of sp³-hybridized carbons (Fsp3) is 0.600. The van der Waals surface area contributed by atoms with Gasteiger partial charge in [-0.1, -0.05) is 18.2 Å². The SMILES string of the molecule is c1ccc(OCCN2CCCC3(C2)OCCO3)cc1. The van der Waals surface area contributed by atoms with Gasteiger partial charge in [-0.3, -0.25) is 4.90 Å². The Balaban J connectivity index is 1.45. The van der Waals surface area contributed by atoms with Crippen LogP contribution in [0.4, 0.5) is 0 Å². The number of nitrogens with zero attached hydrogens (tertiary/aromatic N) is 1. The van der Waals surface area contributed by atoms with Crippen LogP contribution >= 0.6 is 0 Å². The lowest BCUT2D eigenvalue weighted by molar-refractivity contribution is -0.189. The molecule has 0 radical (unpaired) electrons. The lowest BCUT2D eigenvalue weighted by Crippen LogP contribution is -2.49. The smallest absolute Gasteiger partial charge is 0.181 e. The van der Waals surface area contributed by atoms with E-state index >= 15 is 0 Å². The molecule has 4 nitrogen and oxygen atoms in total. The maximum Gasteiger partial charge on any atom is 0.181 e. The van der Waals surface area contributed by atoms with Crippen molar-refractivity contribution in [2.75, 3.05) is 39.5 Å². The third-order valence-electron chi connectivity index (χ3n) is 3.73. The molecule has 1 aromatic rings. The third-order valence-corrected chi connectivity index (χ3v) is 3.73. The van der Waals surface area contributed by atoms with Crippen molar-refractivity contribution in [3.05, 3.63) is 30.3 Å². The summed E-state index contributed by atoms with van der Waals surface area (Å²) in [5, 5.41) is 0. The predicted molar refractivity (Wildman–Crippen MR) is 72.2 cm³/mol. The number of benzene rings is 1. The van der Waals surface area contributed by atoms with E-state index in [4.69, 9.17) is 14.2 Å². The van der Waals surface area contributed by atoms with Gasteiger partial charge in [-0.15, -0.1) is 0 Å². The van der Waals surface area contributed by atoms with Gasteiger partial charge in [-0.2, -0.15) is 0 Å². The van der Waals surface area contributed by atoms with Crippen LogP contribution in [-0.4, -0.2) is 50.1 Å². The second-order valence-electron chi connectivity index (χ2n) is 5.15. The van der Waals surface area contributed by atoms with Crippen molar-refractivity contribution in [3.63, 3.8) is 0 Å². The fourth-order valence-corrected chi connectivity index (χ4v) is 2.80. The van der Waals surface area contributed by atoms with Crippen LogP contribution in [0.25, 0.3) is 0 Å². The molecule has 1 aromatic carbocycles. The molecule has 2 fully saturated rings. The molecule has 104 valence electrons. The van der Waals surface area contributed by atoms with Crippen LogP contribution in [0, 0.1) is 0 Å². The van der Waals surface area contributed by atoms with Crippen LogP contribution in [-0.2, 0) is 9.47 Å². The number of hydrogen-bond acceptors (Lipinski definition) is 4. The fourth-order valence-electron chi connectivity index (χ4n) is 2.80. The van der Waals surface area contributed by atoms with Crippen molar-refractivity contribution < 1.29 is 14.2 Å². The number of hydrogen-bond donors (Lipinski definition) is 0. The summed E-state index contributed by atoms with van der Waals surface area (Å²) in [6, 6.07) is 9.95. The minimum absolute atomic E-state index is 0.328. The summed E-state index contributed by atoms with van der Waals surface area (Å²) in [4.78, 5) is 2.37. The topological polar surface area (TPSA) is 30.9 Å². The summed E-state index contributed by atoms with van der Waals surface area (Å²) in [6.45, 7) is 5.06. The van der Waals surface area contributed by atoms with Gasteiger partial charge in [0, 0.05) is 13.0 Å². The second-order valence-corrected chi connectivity index (χ2v) is 5.15. The van der Waals surface area contributed by atoms with Crippen LogP contribution < -0.4 is 4.74 Å². The van der Waals surface area contributed by atoms with Gasteiger partial charge in [-0.25, -0.2) is 0 Å². The van der Waals surface area contributed by atoms with Crippen LogP contribution in [0.3, 0.4) is 0 Å². The molecule has 2 aliphatic rings. The van der Waals surface area contributed by atoms with E-state index in [1.54, 1.807) is 0 Å². The number of piperidine rings is 1. The van der Waals surface area contributed by atoms with E-state index in [1.807, 2.05) is 30.3 Å². The summed E-state index contributed by atoms with van der Waals surface area (Å²) in [6.07, 6.45) is 2.15. The van der Waals surface area contributed by atoms with Gasteiger partial charge in [0.25, 0.3) is 0 Å². The van der Waals surface area contributed by atoms with E-state index in [0.717, 1.165) is 51.4 Å². The zero-order chi connectivity index (χ0) is 13.0. The van der Waals surface area contributed by atoms with Crippen molar-refractivity contribution in [2.24, 2.45) is 0 Å². The number of rotatable bonds is 4. The van der Waals surface area contributed by atoms with Crippen molar-refractivity contribution >= 4 is 0 Å². The van der Waals surface area contributed by atoms with Gasteiger partial charge in [0.2, 0.25) is 0 Å². The minimum atomic E-state index is -0.328. The molecule has 4 heteroatoms. The Hall–Kier alpha value is -1.10. The van der Waals surface area contributed by atoms with E-state index in [9.17, 15) is 0 Å². The maximum absolute atomic E-state index is 5.77. The van der Waals surface area contributed by atoms with Gasteiger partial charge in [0.05, 0.1) is 19.8 Å². The quantitative estimate of drug-likeness (QED) is 0.830. The van der Waals surface area contributed by atoms with Crippen molar-refractivity contribution in [1.82, 2.24) is 4.90 Å². The molecule has 0 aromatic heterocycles. The van der Waals surface area contributed by atoms with Gasteiger partial charge in [-0.05, 0) is 25.1 Å². The molecule has 3 rings (SSSR count). The van der Waals surface area contributed by atoms with Crippen LogP contribution in [0.2, 0.25) is 0 Å². The first-order valence-electron chi connectivity index (χ1n) is 7.04. The third kappa shape index (κ3) is 3.26. The van der Waals surface area contributed by atoms with Gasteiger partial charge < -0.3 is 14.2 Å². The van der Waals surface area contributed by atoms with E-state index in [0.29, 0.717) is 6.61 Å². The van der Waals surface area contributed by atoms with E-state index in [2.05, 4.69) is 4.90 Å². The molecule has 0 amide bonds. The summed E-state index contributed by atoms with van der Waals surface area (Å²) < 4.78 is 17.3. The van der Waals surface area contributed by atoms with Crippen molar-refractivity contribution in [2.45, 2.75) is 18.6 Å². The number of ether oxygens (including phenoxy) is 3. The highest BCUT2D eigenvalue weighted by Gasteiger charge is 2.40. The molecule has 0 N–H and O–H groups in total. The molecule has 2 saturated heterocycles. The Morgan fingerprint density at radius 1 is 1.16 bits per heavy atom. The molecule has 2 heterocycles. The lowest BCUT2D eigenvalue weighted by Gasteiger charge is -2.38. The highest BCUT2D eigenvalue weighted by Crippen LogP contribution is 2.29. The maximum atomic E-state index is 5.77. The Morgan fingerprint density at radius 3 is 2.74 bits per heavy atom. The zero-order valence-electron chi connectivity index (χ0n) is 11.2. The Kier molecular flexibility index (Phi) is 4.01. The van der Waals surface area contributed by atoms with Crippen LogP contribution in [0.1, 0.15) is 12.8 Å². The average molecular weight is 263 g/mol. The van der Waals surface area contributed by atoms with Crippen LogP contribution in [0.5, 0.6) is 5.75 Å². The molecule has 1 spiro atoms. The highest BCUT2D eigenvalue weighted by molar-refractivity contribution is 5.20. The molecule has 0 atom stereocenters. The first-order chi connectivity index (χ1) is 9.36. The standard InChI is InChI=1S/C15H21NO3/c1-2-5-14(6-3-1)17-10-9-16-8-4-7-15(13-16)18-11-12-19-15/h1-3,5-6H,4,7-13H2. The zero-order valence-corrected chi connectivity index (χ0v) is 11.2. The second kappa shape index (κ2) is 5.90. The first kappa shape index (κ1) is 12.9. The summed E-state index contributed by atoms with van der Waals surface area (Å²) in [5.41, 5.74) is 0. The van der Waals surface area contributed by atoms with E-state index in [1.165, 1.54) is 0 Å². The summed E-state index contributed by atoms with van der Waals surface area (Å²) in [7, 11) is 0. The Bertz CT molecular complexity index is 390. The summed E-state index contributed by atoms with van der Waals surface area (Å²) >= 11 is 0. The molecule has 0 aliphatic carbocycles. The largest absolute Gasteiger partial charge is 0.492 e. The molecular weight excluding hydrogens is 242 g/mol. The lowest BCUT2D eigenvalue weighted by atomic mass is 10.0. The summed E-state index contributed by atoms with van der Waals surface area (Å²) in [5.74, 6) is 0.605. The number of para-hydroxylation sites is 1. The first-order valence-corrected chi connectivity index (χ1v) is 7.04. The average Bonchev–Trinajstić information content (AvgIpc) is 2.88. The molecule has 0 unspecified atom stereocenters. The predicted octanol–water partition coefficient (Wildman–Crippen LogP) is 1.90. The van der Waals surface area contributed by atoms with Gasteiger partial charge in [0.15, 0.2) is 5.79 Å². The monoisotopic (exact) mass is 263 g/mol. The van der Waals surface area contributed by atoms with E-state index in [-0.39, 0.29) is 5.79 Å². The Morgan fingerprint density at radius 2 is 1.95 bits per heavy atom. The minimum Gasteiger partial charge on any atom is -0.492 e. The van der Waals surface area contributed by atoms with E-state index < -0.39 is 0 Å². The van der Waals surface area contributed by atoms with Crippen molar-refractivity contribution in [3.8, 4) is 5.75 Å². The molecule has 19 heavy (non-hydrogen) atoms. The molecular formula is C15H21NO3. The van der Waals surface area contributed by atoms with Gasteiger partial charge >= 0.3 is 0 Å². The molecule has 0 saturated carbocycles. The van der Waals surface area contributed by atoms with Crippen LogP contribution in [0.15, 0.2) is 30.3 Å². The number of likely N-dealkylation sites (tertiary alicyclic amines) is 1. The Labute approximate surface area is 114 Å².